The van der Waals surface area contributed by atoms with Gasteiger partial charge in [0.2, 0.25) is 5.91 Å². The SMILES string of the molecule is COC[C@@H]1C=C(C(N)=O)[C@H]2CN1C(=O)N2OS(=O)(=O)O. The Morgan fingerprint density at radius 1 is 1.60 bits per heavy atom. The second-order valence-electron chi connectivity index (χ2n) is 4.29. The van der Waals surface area contributed by atoms with Gasteiger partial charge in [0.1, 0.15) is 6.04 Å². The average Bonchev–Trinajstić information content (AvgIpc) is 2.57. The van der Waals surface area contributed by atoms with Gasteiger partial charge >= 0.3 is 16.4 Å². The van der Waals surface area contributed by atoms with E-state index >= 15 is 0 Å². The predicted molar refractivity (Wildman–Crippen MR) is 63.3 cm³/mol. The van der Waals surface area contributed by atoms with Gasteiger partial charge in [-0.05, 0) is 6.08 Å². The summed E-state index contributed by atoms with van der Waals surface area (Å²) >= 11 is 0. The number of nitrogens with zero attached hydrogens (tertiary/aromatic N) is 2. The number of fused-ring (bicyclic) bond motifs is 2. The summed E-state index contributed by atoms with van der Waals surface area (Å²) in [7, 11) is -3.48. The van der Waals surface area contributed by atoms with E-state index in [1.54, 1.807) is 0 Å². The number of hydroxylamine groups is 2. The maximum atomic E-state index is 12.0. The van der Waals surface area contributed by atoms with Crippen molar-refractivity contribution in [2.75, 3.05) is 20.3 Å². The van der Waals surface area contributed by atoms with E-state index in [-0.39, 0.29) is 18.7 Å². The van der Waals surface area contributed by atoms with Crippen LogP contribution in [0.25, 0.3) is 0 Å². The first-order valence-corrected chi connectivity index (χ1v) is 6.88. The molecule has 112 valence electrons. The molecule has 2 heterocycles. The van der Waals surface area contributed by atoms with E-state index in [0.717, 1.165) is 0 Å². The van der Waals surface area contributed by atoms with Crippen LogP contribution in [-0.2, 0) is 24.2 Å². The lowest BCUT2D eigenvalue weighted by Gasteiger charge is -2.27. The molecule has 2 bridgehead atoms. The Kier molecular flexibility index (Phi) is 3.69. The minimum absolute atomic E-state index is 0.0111. The third-order valence-corrected chi connectivity index (χ3v) is 3.36. The molecular formula is C9H13N3O7S. The first-order chi connectivity index (χ1) is 9.24. The van der Waals surface area contributed by atoms with Crippen LogP contribution >= 0.6 is 0 Å². The Labute approximate surface area is 114 Å². The molecule has 11 heteroatoms. The van der Waals surface area contributed by atoms with Crippen LogP contribution in [0, 0.1) is 0 Å². The molecule has 2 rings (SSSR count). The van der Waals surface area contributed by atoms with Crippen LogP contribution in [0.3, 0.4) is 0 Å². The second-order valence-corrected chi connectivity index (χ2v) is 5.29. The third-order valence-electron chi connectivity index (χ3n) is 3.01. The number of nitrogens with two attached hydrogens (primary N) is 1. The molecule has 2 aliphatic rings. The first-order valence-electron chi connectivity index (χ1n) is 5.52. The molecule has 0 saturated carbocycles. The zero-order chi connectivity index (χ0) is 15.1. The Morgan fingerprint density at radius 2 is 2.25 bits per heavy atom. The van der Waals surface area contributed by atoms with Crippen molar-refractivity contribution in [3.8, 4) is 0 Å². The molecule has 0 aromatic carbocycles. The molecule has 2 aliphatic heterocycles. The number of ether oxygens (including phenoxy) is 1. The average molecular weight is 307 g/mol. The van der Waals surface area contributed by atoms with Gasteiger partial charge in [-0.15, -0.1) is 4.28 Å². The zero-order valence-electron chi connectivity index (χ0n) is 10.4. The number of amides is 3. The molecule has 0 aromatic heterocycles. The number of rotatable bonds is 5. The number of carbonyl (C=O) groups excluding carboxylic acids is 2. The van der Waals surface area contributed by atoms with Gasteiger partial charge < -0.3 is 15.4 Å². The summed E-state index contributed by atoms with van der Waals surface area (Å²) in [6.45, 7) is 0.117. The molecule has 0 spiro atoms. The van der Waals surface area contributed by atoms with Gasteiger partial charge in [0.25, 0.3) is 0 Å². The van der Waals surface area contributed by atoms with Gasteiger partial charge in [-0.2, -0.15) is 13.5 Å². The molecule has 0 unspecified atom stereocenters. The predicted octanol–water partition coefficient (Wildman–Crippen LogP) is -1.73. The van der Waals surface area contributed by atoms with E-state index < -0.39 is 34.4 Å². The molecule has 1 fully saturated rings. The molecule has 0 aromatic rings. The van der Waals surface area contributed by atoms with Crippen molar-refractivity contribution in [2.45, 2.75) is 12.1 Å². The Morgan fingerprint density at radius 3 is 2.75 bits per heavy atom. The van der Waals surface area contributed by atoms with Crippen molar-refractivity contribution >= 4 is 22.3 Å². The van der Waals surface area contributed by atoms with Crippen LogP contribution in [0.4, 0.5) is 4.79 Å². The van der Waals surface area contributed by atoms with E-state index in [0.29, 0.717) is 5.06 Å². The summed E-state index contributed by atoms with van der Waals surface area (Å²) in [5.74, 6) is -0.811. The largest absolute Gasteiger partial charge is 0.418 e. The van der Waals surface area contributed by atoms with E-state index in [4.69, 9.17) is 15.0 Å². The van der Waals surface area contributed by atoms with E-state index in [1.807, 2.05) is 0 Å². The highest BCUT2D eigenvalue weighted by Crippen LogP contribution is 2.30. The summed E-state index contributed by atoms with van der Waals surface area (Å²) in [6, 6.07) is -2.36. The monoisotopic (exact) mass is 307 g/mol. The van der Waals surface area contributed by atoms with Crippen molar-refractivity contribution in [1.29, 1.82) is 0 Å². The number of methoxy groups -OCH3 is 1. The molecule has 20 heavy (non-hydrogen) atoms. The van der Waals surface area contributed by atoms with Gasteiger partial charge in [0.05, 0.1) is 19.2 Å². The molecule has 0 aliphatic carbocycles. The van der Waals surface area contributed by atoms with Crippen LogP contribution in [0.2, 0.25) is 0 Å². The summed E-state index contributed by atoms with van der Waals surface area (Å²) in [5, 5.41) is 0.418. The zero-order valence-corrected chi connectivity index (χ0v) is 11.2. The number of carbonyl (C=O) groups is 2. The number of hydrogen-bond acceptors (Lipinski definition) is 6. The molecule has 3 N–H and O–H groups in total. The summed E-state index contributed by atoms with van der Waals surface area (Å²) in [4.78, 5) is 24.7. The fourth-order valence-electron chi connectivity index (χ4n) is 2.25. The van der Waals surface area contributed by atoms with E-state index in [1.165, 1.54) is 18.1 Å². The van der Waals surface area contributed by atoms with Crippen LogP contribution in [-0.4, -0.2) is 67.2 Å². The van der Waals surface area contributed by atoms with Gasteiger partial charge in [-0.25, -0.2) is 4.79 Å². The fourth-order valence-corrected chi connectivity index (χ4v) is 2.62. The van der Waals surface area contributed by atoms with Crippen LogP contribution in [0.1, 0.15) is 0 Å². The lowest BCUT2D eigenvalue weighted by Crippen LogP contribution is -2.43. The molecule has 1 saturated heterocycles. The maximum Gasteiger partial charge on any atom is 0.418 e. The Balaban J connectivity index is 2.36. The lowest BCUT2D eigenvalue weighted by molar-refractivity contribution is -0.116. The smallest absolute Gasteiger partial charge is 0.382 e. The van der Waals surface area contributed by atoms with Crippen LogP contribution < -0.4 is 5.73 Å². The second kappa shape index (κ2) is 5.01. The van der Waals surface area contributed by atoms with Crippen molar-refractivity contribution in [3.05, 3.63) is 11.6 Å². The number of primary amides is 1. The van der Waals surface area contributed by atoms with Gasteiger partial charge in [-0.3, -0.25) is 9.35 Å². The van der Waals surface area contributed by atoms with Crippen molar-refractivity contribution in [2.24, 2.45) is 5.73 Å². The third kappa shape index (κ3) is 2.60. The van der Waals surface area contributed by atoms with Crippen molar-refractivity contribution < 1.29 is 31.6 Å². The lowest BCUT2D eigenvalue weighted by atomic mass is 10.00. The highest BCUT2D eigenvalue weighted by molar-refractivity contribution is 7.80. The van der Waals surface area contributed by atoms with Gasteiger partial charge in [-0.1, -0.05) is 0 Å². The Bertz CT molecular complexity index is 572. The minimum atomic E-state index is -4.89. The van der Waals surface area contributed by atoms with Crippen molar-refractivity contribution in [3.63, 3.8) is 0 Å². The minimum Gasteiger partial charge on any atom is -0.382 e. The summed E-state index contributed by atoms with van der Waals surface area (Å²) < 4.78 is 39.4. The van der Waals surface area contributed by atoms with Gasteiger partial charge in [0, 0.05) is 12.7 Å². The van der Waals surface area contributed by atoms with Gasteiger partial charge in [0.15, 0.2) is 0 Å². The molecular weight excluding hydrogens is 294 g/mol. The van der Waals surface area contributed by atoms with E-state index in [2.05, 4.69) is 4.28 Å². The van der Waals surface area contributed by atoms with Crippen LogP contribution in [0.5, 0.6) is 0 Å². The van der Waals surface area contributed by atoms with Crippen LogP contribution in [0.15, 0.2) is 11.6 Å². The maximum absolute atomic E-state index is 12.0. The summed E-state index contributed by atoms with van der Waals surface area (Å²) in [6.07, 6.45) is 1.42. The number of urea groups is 1. The van der Waals surface area contributed by atoms with E-state index in [9.17, 15) is 18.0 Å². The quantitative estimate of drug-likeness (QED) is 0.575. The molecule has 10 nitrogen and oxygen atoms in total. The fraction of sp³-hybridized carbons (Fsp3) is 0.556. The molecule has 3 amide bonds. The highest BCUT2D eigenvalue weighted by atomic mass is 32.3. The number of hydrogen-bond donors (Lipinski definition) is 2. The molecule has 2 atom stereocenters. The topological polar surface area (TPSA) is 139 Å². The van der Waals surface area contributed by atoms with Crippen molar-refractivity contribution in [1.82, 2.24) is 9.96 Å². The first kappa shape index (κ1) is 14.7. The molecule has 0 radical (unpaired) electrons. The normalized spacial score (nSPS) is 25.9. The summed E-state index contributed by atoms with van der Waals surface area (Å²) in [5.41, 5.74) is 5.24. The highest BCUT2D eigenvalue weighted by Gasteiger charge is 2.49. The standard InChI is InChI=1S/C9H13N3O7S/c1-18-4-5-2-6(8(10)13)7-3-11(5)9(14)12(7)19-20(15,16)17/h2,5,7H,3-4H2,1H3,(H2,10,13)(H,15,16,17)/t5-,7+/m0/s1. The Hall–Kier alpha value is -1.69.